The lowest BCUT2D eigenvalue weighted by Crippen LogP contribution is -2.19. The molecule has 0 spiro atoms. The molecule has 0 aliphatic rings. The molecular weight excluding hydrogens is 222 g/mol. The summed E-state index contributed by atoms with van der Waals surface area (Å²) in [6.45, 7) is 4.69. The van der Waals surface area contributed by atoms with E-state index in [9.17, 15) is 4.79 Å². The van der Waals surface area contributed by atoms with Gasteiger partial charge in [0.2, 0.25) is 6.39 Å². The standard InChI is InChI=1S/C11H19N3O3/c1-3-5-9(6-4-2)7-16-11(15)13-10-12-8-17-14-10/h8-9H,3-7H2,1-2H3,(H,13,14,15). The average molecular weight is 241 g/mol. The summed E-state index contributed by atoms with van der Waals surface area (Å²) in [5.74, 6) is 0.554. The molecule has 1 amide bonds. The third kappa shape index (κ3) is 5.33. The van der Waals surface area contributed by atoms with Gasteiger partial charge in [0.1, 0.15) is 0 Å². The topological polar surface area (TPSA) is 77.2 Å². The lowest BCUT2D eigenvalue weighted by molar-refractivity contribution is 0.134. The van der Waals surface area contributed by atoms with Gasteiger partial charge in [0.25, 0.3) is 5.95 Å². The van der Waals surface area contributed by atoms with Crippen LogP contribution >= 0.6 is 0 Å². The molecule has 17 heavy (non-hydrogen) atoms. The number of aromatic nitrogens is 2. The minimum Gasteiger partial charge on any atom is -0.449 e. The Morgan fingerprint density at radius 1 is 1.47 bits per heavy atom. The second-order valence-electron chi connectivity index (χ2n) is 3.92. The van der Waals surface area contributed by atoms with Gasteiger partial charge in [-0.05, 0) is 23.9 Å². The predicted molar refractivity (Wildman–Crippen MR) is 62.6 cm³/mol. The highest BCUT2D eigenvalue weighted by atomic mass is 16.5. The van der Waals surface area contributed by atoms with Crippen LogP contribution in [0.1, 0.15) is 39.5 Å². The molecule has 0 fully saturated rings. The fourth-order valence-corrected chi connectivity index (χ4v) is 1.67. The first-order chi connectivity index (χ1) is 8.26. The zero-order chi connectivity index (χ0) is 12.5. The van der Waals surface area contributed by atoms with Gasteiger partial charge in [-0.2, -0.15) is 4.98 Å². The lowest BCUT2D eigenvalue weighted by atomic mass is 10.00. The molecule has 1 aromatic rings. The number of carbonyl (C=O) groups is 1. The van der Waals surface area contributed by atoms with E-state index >= 15 is 0 Å². The van der Waals surface area contributed by atoms with Crippen molar-refractivity contribution >= 4 is 12.0 Å². The molecular formula is C11H19N3O3. The molecule has 0 aliphatic carbocycles. The number of ether oxygens (including phenoxy) is 1. The Bertz CT molecular complexity index is 308. The van der Waals surface area contributed by atoms with E-state index in [2.05, 4.69) is 33.8 Å². The summed E-state index contributed by atoms with van der Waals surface area (Å²) >= 11 is 0. The molecule has 0 radical (unpaired) electrons. The van der Waals surface area contributed by atoms with Crippen LogP contribution in [-0.4, -0.2) is 22.8 Å². The number of hydrogen-bond acceptors (Lipinski definition) is 5. The van der Waals surface area contributed by atoms with Crippen LogP contribution in [0.3, 0.4) is 0 Å². The Morgan fingerprint density at radius 3 is 2.71 bits per heavy atom. The smallest absolute Gasteiger partial charge is 0.414 e. The van der Waals surface area contributed by atoms with Crippen LogP contribution in [0.2, 0.25) is 0 Å². The summed E-state index contributed by atoms with van der Waals surface area (Å²) in [5, 5.41) is 5.84. The number of nitrogens with zero attached hydrogens (tertiary/aromatic N) is 2. The van der Waals surface area contributed by atoms with Crippen molar-refractivity contribution in [3.63, 3.8) is 0 Å². The SMILES string of the molecule is CCCC(CCC)COC(=O)Nc1ncon1. The number of amides is 1. The Kier molecular flexibility index (Phi) is 6.06. The molecule has 6 heteroatoms. The third-order valence-electron chi connectivity index (χ3n) is 2.42. The molecule has 0 atom stereocenters. The van der Waals surface area contributed by atoms with E-state index in [0.717, 1.165) is 32.1 Å². The van der Waals surface area contributed by atoms with Crippen molar-refractivity contribution in [2.24, 2.45) is 5.92 Å². The second kappa shape index (κ2) is 7.65. The second-order valence-corrected chi connectivity index (χ2v) is 3.92. The highest BCUT2D eigenvalue weighted by Crippen LogP contribution is 2.14. The first-order valence-corrected chi connectivity index (χ1v) is 5.96. The normalized spacial score (nSPS) is 10.5. The molecule has 1 rings (SSSR count). The summed E-state index contributed by atoms with van der Waals surface area (Å²) in [4.78, 5) is 15.0. The summed E-state index contributed by atoms with van der Waals surface area (Å²) in [6, 6.07) is 0. The molecule has 0 bridgehead atoms. The first kappa shape index (κ1) is 13.5. The van der Waals surface area contributed by atoms with Gasteiger partial charge >= 0.3 is 6.09 Å². The maximum absolute atomic E-state index is 11.4. The third-order valence-corrected chi connectivity index (χ3v) is 2.42. The van der Waals surface area contributed by atoms with Crippen LogP contribution in [0.5, 0.6) is 0 Å². The molecule has 96 valence electrons. The van der Waals surface area contributed by atoms with Gasteiger partial charge in [0.05, 0.1) is 6.61 Å². The van der Waals surface area contributed by atoms with Crippen LogP contribution in [0.25, 0.3) is 0 Å². The molecule has 0 aromatic carbocycles. The number of hydrogen-bond donors (Lipinski definition) is 1. The lowest BCUT2D eigenvalue weighted by Gasteiger charge is -2.14. The average Bonchev–Trinajstić information content (AvgIpc) is 2.79. The van der Waals surface area contributed by atoms with Crippen molar-refractivity contribution in [3.05, 3.63) is 6.39 Å². The molecule has 0 saturated heterocycles. The summed E-state index contributed by atoms with van der Waals surface area (Å²) in [5.41, 5.74) is 0. The van der Waals surface area contributed by atoms with Gasteiger partial charge < -0.3 is 9.26 Å². The highest BCUT2D eigenvalue weighted by Gasteiger charge is 2.11. The Labute approximate surface area is 101 Å². The summed E-state index contributed by atoms with van der Waals surface area (Å²) < 4.78 is 9.60. The van der Waals surface area contributed by atoms with Crippen LogP contribution in [0.15, 0.2) is 10.9 Å². The van der Waals surface area contributed by atoms with Crippen molar-refractivity contribution in [1.82, 2.24) is 10.1 Å². The Morgan fingerprint density at radius 2 is 2.18 bits per heavy atom. The van der Waals surface area contributed by atoms with E-state index in [0.29, 0.717) is 12.5 Å². The van der Waals surface area contributed by atoms with Gasteiger partial charge in [-0.25, -0.2) is 4.79 Å². The van der Waals surface area contributed by atoms with Crippen molar-refractivity contribution in [2.75, 3.05) is 11.9 Å². The highest BCUT2D eigenvalue weighted by molar-refractivity contribution is 5.81. The summed E-state index contributed by atoms with van der Waals surface area (Å²) in [6.07, 6.45) is 4.95. The van der Waals surface area contributed by atoms with Crippen LogP contribution in [0, 0.1) is 5.92 Å². The molecule has 1 heterocycles. The fourth-order valence-electron chi connectivity index (χ4n) is 1.67. The summed E-state index contributed by atoms with van der Waals surface area (Å²) in [7, 11) is 0. The van der Waals surface area contributed by atoms with E-state index in [4.69, 9.17) is 4.74 Å². The zero-order valence-corrected chi connectivity index (χ0v) is 10.3. The van der Waals surface area contributed by atoms with Gasteiger partial charge in [0.15, 0.2) is 0 Å². The predicted octanol–water partition coefficient (Wildman–Crippen LogP) is 2.83. The fraction of sp³-hybridized carbons (Fsp3) is 0.727. The molecule has 0 unspecified atom stereocenters. The maximum Gasteiger partial charge on any atom is 0.414 e. The van der Waals surface area contributed by atoms with E-state index in [1.807, 2.05) is 0 Å². The molecule has 0 aliphatic heterocycles. The van der Waals surface area contributed by atoms with Crippen LogP contribution in [-0.2, 0) is 4.74 Å². The van der Waals surface area contributed by atoms with E-state index in [-0.39, 0.29) is 5.95 Å². The largest absolute Gasteiger partial charge is 0.449 e. The Balaban J connectivity index is 2.25. The number of nitrogens with one attached hydrogen (secondary N) is 1. The first-order valence-electron chi connectivity index (χ1n) is 5.96. The minimum absolute atomic E-state index is 0.123. The van der Waals surface area contributed by atoms with Gasteiger partial charge in [-0.15, -0.1) is 0 Å². The zero-order valence-electron chi connectivity index (χ0n) is 10.3. The quantitative estimate of drug-likeness (QED) is 0.794. The van der Waals surface area contributed by atoms with E-state index in [1.165, 1.54) is 0 Å². The van der Waals surface area contributed by atoms with Crippen LogP contribution in [0.4, 0.5) is 10.7 Å². The molecule has 6 nitrogen and oxygen atoms in total. The minimum atomic E-state index is -0.538. The number of rotatable bonds is 7. The van der Waals surface area contributed by atoms with Crippen molar-refractivity contribution < 1.29 is 14.1 Å². The van der Waals surface area contributed by atoms with E-state index in [1.54, 1.807) is 0 Å². The van der Waals surface area contributed by atoms with Crippen molar-refractivity contribution in [3.8, 4) is 0 Å². The van der Waals surface area contributed by atoms with Crippen LogP contribution < -0.4 is 5.32 Å². The number of anilines is 1. The van der Waals surface area contributed by atoms with Crippen molar-refractivity contribution in [2.45, 2.75) is 39.5 Å². The van der Waals surface area contributed by atoms with E-state index < -0.39 is 6.09 Å². The van der Waals surface area contributed by atoms with Gasteiger partial charge in [-0.3, -0.25) is 5.32 Å². The molecule has 1 aromatic heterocycles. The monoisotopic (exact) mass is 241 g/mol. The maximum atomic E-state index is 11.4. The molecule has 1 N–H and O–H groups in total. The van der Waals surface area contributed by atoms with Gasteiger partial charge in [0, 0.05) is 0 Å². The van der Waals surface area contributed by atoms with Crippen molar-refractivity contribution in [1.29, 1.82) is 0 Å². The Hall–Kier alpha value is -1.59. The molecule has 0 saturated carbocycles. The number of carbonyl (C=O) groups excluding carboxylic acids is 1. The van der Waals surface area contributed by atoms with Gasteiger partial charge in [-0.1, -0.05) is 26.7 Å².